The summed E-state index contributed by atoms with van der Waals surface area (Å²) in [4.78, 5) is 0. The van der Waals surface area contributed by atoms with Crippen LogP contribution in [0.1, 0.15) is 31.4 Å². The summed E-state index contributed by atoms with van der Waals surface area (Å²) in [6.45, 7) is 4.00. The van der Waals surface area contributed by atoms with Gasteiger partial charge in [0, 0.05) is 5.56 Å². The van der Waals surface area contributed by atoms with Crippen molar-refractivity contribution in [1.29, 1.82) is 5.26 Å². The van der Waals surface area contributed by atoms with Gasteiger partial charge in [-0.3, -0.25) is 0 Å². The van der Waals surface area contributed by atoms with Gasteiger partial charge in [0.25, 0.3) is 0 Å². The highest BCUT2D eigenvalue weighted by Crippen LogP contribution is 2.29. The maximum Gasteiger partial charge on any atom is 0.138 e. The van der Waals surface area contributed by atoms with Gasteiger partial charge >= 0.3 is 0 Å². The zero-order chi connectivity index (χ0) is 16.8. The molecule has 0 saturated carbocycles. The van der Waals surface area contributed by atoms with E-state index >= 15 is 0 Å². The topological polar surface area (TPSA) is 33.0 Å². The fourth-order valence-electron chi connectivity index (χ4n) is 2.02. The molecule has 2 nitrogen and oxygen atoms in total. The van der Waals surface area contributed by atoms with Gasteiger partial charge in [-0.1, -0.05) is 42.8 Å². The molecular weight excluding hydrogens is 313 g/mol. The lowest BCUT2D eigenvalue weighted by atomic mass is 10.0. The SMILES string of the molecule is CCC(C)Oc1ccc(C=C(C#N)c2ccccc2F)cc1Cl. The number of rotatable bonds is 5. The maximum absolute atomic E-state index is 13.8. The third-order valence-corrected chi connectivity index (χ3v) is 3.75. The Balaban J connectivity index is 2.33. The highest BCUT2D eigenvalue weighted by molar-refractivity contribution is 6.32. The van der Waals surface area contributed by atoms with Crippen molar-refractivity contribution >= 4 is 23.3 Å². The lowest BCUT2D eigenvalue weighted by molar-refractivity contribution is 0.217. The molecule has 0 saturated heterocycles. The Kier molecular flexibility index (Phi) is 5.78. The Morgan fingerprint density at radius 3 is 2.70 bits per heavy atom. The molecule has 0 bridgehead atoms. The quantitative estimate of drug-likeness (QED) is 0.519. The number of nitriles is 1. The molecule has 0 spiro atoms. The monoisotopic (exact) mass is 329 g/mol. The van der Waals surface area contributed by atoms with Crippen LogP contribution >= 0.6 is 11.6 Å². The summed E-state index contributed by atoms with van der Waals surface area (Å²) in [5.74, 6) is 0.172. The summed E-state index contributed by atoms with van der Waals surface area (Å²) in [6.07, 6.45) is 2.56. The number of nitrogens with zero attached hydrogens (tertiary/aromatic N) is 1. The van der Waals surface area contributed by atoms with E-state index in [1.807, 2.05) is 19.9 Å². The Hall–Kier alpha value is -2.31. The molecule has 23 heavy (non-hydrogen) atoms. The van der Waals surface area contributed by atoms with Crippen molar-refractivity contribution in [1.82, 2.24) is 0 Å². The fourth-order valence-corrected chi connectivity index (χ4v) is 2.25. The molecule has 0 radical (unpaired) electrons. The van der Waals surface area contributed by atoms with E-state index in [0.29, 0.717) is 16.3 Å². The number of ether oxygens (including phenoxy) is 1. The number of allylic oxidation sites excluding steroid dienone is 1. The third kappa shape index (κ3) is 4.34. The third-order valence-electron chi connectivity index (χ3n) is 3.45. The first-order chi connectivity index (χ1) is 11.0. The predicted octanol–water partition coefficient (Wildman–Crippen LogP) is 5.72. The van der Waals surface area contributed by atoms with Gasteiger partial charge in [0.2, 0.25) is 0 Å². The lowest BCUT2D eigenvalue weighted by Gasteiger charge is -2.14. The highest BCUT2D eigenvalue weighted by Gasteiger charge is 2.09. The number of halogens is 2. The molecule has 2 aromatic carbocycles. The van der Waals surface area contributed by atoms with Crippen molar-refractivity contribution in [2.45, 2.75) is 26.4 Å². The molecule has 0 aromatic heterocycles. The summed E-state index contributed by atoms with van der Waals surface area (Å²) >= 11 is 6.22. The molecule has 0 N–H and O–H groups in total. The van der Waals surface area contributed by atoms with Crippen molar-refractivity contribution in [3.63, 3.8) is 0 Å². The molecule has 1 unspecified atom stereocenters. The molecular formula is C19H17ClFNO. The Morgan fingerprint density at radius 2 is 2.09 bits per heavy atom. The van der Waals surface area contributed by atoms with Crippen molar-refractivity contribution < 1.29 is 9.13 Å². The maximum atomic E-state index is 13.8. The largest absolute Gasteiger partial charge is 0.489 e. The molecule has 0 aliphatic rings. The fraction of sp³-hybridized carbons (Fsp3) is 0.211. The average molecular weight is 330 g/mol. The molecule has 118 valence electrons. The van der Waals surface area contributed by atoms with E-state index in [9.17, 15) is 9.65 Å². The van der Waals surface area contributed by atoms with Gasteiger partial charge < -0.3 is 4.74 Å². The van der Waals surface area contributed by atoms with Gasteiger partial charge in [0.1, 0.15) is 11.6 Å². The number of benzene rings is 2. The minimum Gasteiger partial charge on any atom is -0.489 e. The van der Waals surface area contributed by atoms with E-state index in [4.69, 9.17) is 16.3 Å². The Morgan fingerprint density at radius 1 is 1.35 bits per heavy atom. The second kappa shape index (κ2) is 7.80. The Labute approximate surface area is 140 Å². The number of hydrogen-bond donors (Lipinski definition) is 0. The molecule has 0 fully saturated rings. The van der Waals surface area contributed by atoms with E-state index in [-0.39, 0.29) is 17.2 Å². The van der Waals surface area contributed by atoms with Crippen molar-refractivity contribution in [3.05, 3.63) is 64.4 Å². The van der Waals surface area contributed by atoms with Crippen LogP contribution in [0.15, 0.2) is 42.5 Å². The van der Waals surface area contributed by atoms with Crippen LogP contribution in [-0.4, -0.2) is 6.10 Å². The normalized spacial score (nSPS) is 12.6. The molecule has 4 heteroatoms. The second-order valence-corrected chi connectivity index (χ2v) is 5.58. The van der Waals surface area contributed by atoms with Gasteiger partial charge in [-0.2, -0.15) is 5.26 Å². The summed E-state index contributed by atoms with van der Waals surface area (Å²) in [7, 11) is 0. The van der Waals surface area contributed by atoms with Gasteiger partial charge in [-0.25, -0.2) is 4.39 Å². The zero-order valence-corrected chi connectivity index (χ0v) is 13.8. The summed E-state index contributed by atoms with van der Waals surface area (Å²) in [5.41, 5.74) is 1.23. The molecule has 2 rings (SSSR count). The van der Waals surface area contributed by atoms with E-state index in [1.165, 1.54) is 6.07 Å². The van der Waals surface area contributed by atoms with E-state index in [1.54, 1.807) is 42.5 Å². The average Bonchev–Trinajstić information content (AvgIpc) is 2.55. The van der Waals surface area contributed by atoms with Crippen LogP contribution < -0.4 is 4.74 Å². The van der Waals surface area contributed by atoms with Crippen molar-refractivity contribution in [3.8, 4) is 11.8 Å². The molecule has 0 amide bonds. The molecule has 0 aliphatic heterocycles. The summed E-state index contributed by atoms with van der Waals surface area (Å²) in [5, 5.41) is 9.76. The second-order valence-electron chi connectivity index (χ2n) is 5.18. The highest BCUT2D eigenvalue weighted by atomic mass is 35.5. The summed E-state index contributed by atoms with van der Waals surface area (Å²) in [6, 6.07) is 13.5. The molecule has 0 heterocycles. The minimum absolute atomic E-state index is 0.0713. The van der Waals surface area contributed by atoms with Crippen LogP contribution in [0.2, 0.25) is 5.02 Å². The van der Waals surface area contributed by atoms with E-state index in [0.717, 1.165) is 6.42 Å². The van der Waals surface area contributed by atoms with Gasteiger partial charge in [-0.15, -0.1) is 0 Å². The van der Waals surface area contributed by atoms with Gasteiger partial charge in [0.15, 0.2) is 0 Å². The van der Waals surface area contributed by atoms with Crippen molar-refractivity contribution in [2.75, 3.05) is 0 Å². The van der Waals surface area contributed by atoms with Gasteiger partial charge in [-0.05, 0) is 43.2 Å². The van der Waals surface area contributed by atoms with Crippen LogP contribution in [0.25, 0.3) is 11.6 Å². The molecule has 2 aromatic rings. The lowest BCUT2D eigenvalue weighted by Crippen LogP contribution is -2.09. The first-order valence-corrected chi connectivity index (χ1v) is 7.75. The molecule has 0 aliphatic carbocycles. The molecule has 1 atom stereocenters. The summed E-state index contributed by atoms with van der Waals surface area (Å²) < 4.78 is 19.5. The van der Waals surface area contributed by atoms with Crippen LogP contribution in [0, 0.1) is 17.1 Å². The van der Waals surface area contributed by atoms with Gasteiger partial charge in [0.05, 0.1) is 22.8 Å². The van der Waals surface area contributed by atoms with E-state index in [2.05, 4.69) is 0 Å². The van der Waals surface area contributed by atoms with Crippen LogP contribution in [0.5, 0.6) is 5.75 Å². The standard InChI is InChI=1S/C19H17ClFNO/c1-3-13(2)23-19-9-8-14(11-17(19)20)10-15(12-22)16-6-4-5-7-18(16)21/h4-11,13H,3H2,1-2H3. The number of hydrogen-bond acceptors (Lipinski definition) is 2. The first-order valence-electron chi connectivity index (χ1n) is 7.38. The minimum atomic E-state index is -0.428. The zero-order valence-electron chi connectivity index (χ0n) is 13.0. The first kappa shape index (κ1) is 17.1. The Bertz CT molecular complexity index is 764. The smallest absolute Gasteiger partial charge is 0.138 e. The van der Waals surface area contributed by atoms with Crippen LogP contribution in [-0.2, 0) is 0 Å². The van der Waals surface area contributed by atoms with Crippen molar-refractivity contribution in [2.24, 2.45) is 0 Å². The predicted molar refractivity (Wildman–Crippen MR) is 91.7 cm³/mol. The van der Waals surface area contributed by atoms with Crippen LogP contribution in [0.4, 0.5) is 4.39 Å². The van der Waals surface area contributed by atoms with Crippen LogP contribution in [0.3, 0.4) is 0 Å². The van der Waals surface area contributed by atoms with E-state index < -0.39 is 5.82 Å².